The lowest BCUT2D eigenvalue weighted by atomic mass is 10.2. The molecule has 0 aliphatic carbocycles. The molecule has 0 amide bonds. The molecule has 6 heteroatoms. The standard InChI is InChI=1S/C12H13ClN4O/c1-18-10-4-2-3-9(13)8(10)7-16-11-5-6-15-12(14)17-11/h2-6H,7H2,1H3,(H3,14,15,16,17). The van der Waals surface area contributed by atoms with Crippen LogP contribution in [0.1, 0.15) is 5.56 Å². The quantitative estimate of drug-likeness (QED) is 0.887. The van der Waals surface area contributed by atoms with Gasteiger partial charge in [-0.3, -0.25) is 0 Å². The van der Waals surface area contributed by atoms with Gasteiger partial charge in [-0.15, -0.1) is 0 Å². The van der Waals surface area contributed by atoms with E-state index in [1.807, 2.05) is 18.2 Å². The first-order valence-electron chi connectivity index (χ1n) is 5.34. The van der Waals surface area contributed by atoms with Gasteiger partial charge in [0.15, 0.2) is 0 Å². The fourth-order valence-corrected chi connectivity index (χ4v) is 1.79. The van der Waals surface area contributed by atoms with Gasteiger partial charge in [0.25, 0.3) is 0 Å². The van der Waals surface area contributed by atoms with Crippen molar-refractivity contribution in [2.45, 2.75) is 6.54 Å². The Morgan fingerprint density at radius 2 is 2.22 bits per heavy atom. The molecule has 2 aromatic rings. The topological polar surface area (TPSA) is 73.1 Å². The van der Waals surface area contributed by atoms with Crippen LogP contribution in [0.4, 0.5) is 11.8 Å². The zero-order valence-corrected chi connectivity index (χ0v) is 10.6. The van der Waals surface area contributed by atoms with E-state index < -0.39 is 0 Å². The Bertz CT molecular complexity index is 547. The first kappa shape index (κ1) is 12.4. The maximum absolute atomic E-state index is 6.13. The zero-order valence-electron chi connectivity index (χ0n) is 9.85. The largest absolute Gasteiger partial charge is 0.496 e. The van der Waals surface area contributed by atoms with Crippen LogP contribution in [0.5, 0.6) is 5.75 Å². The highest BCUT2D eigenvalue weighted by atomic mass is 35.5. The highest BCUT2D eigenvalue weighted by molar-refractivity contribution is 6.31. The van der Waals surface area contributed by atoms with Gasteiger partial charge >= 0.3 is 0 Å². The smallest absolute Gasteiger partial charge is 0.221 e. The van der Waals surface area contributed by atoms with Gasteiger partial charge in [0.1, 0.15) is 11.6 Å². The fourth-order valence-electron chi connectivity index (χ4n) is 1.55. The minimum Gasteiger partial charge on any atom is -0.496 e. The molecule has 0 radical (unpaired) electrons. The Labute approximate surface area is 110 Å². The molecule has 0 aliphatic heterocycles. The lowest BCUT2D eigenvalue weighted by Crippen LogP contribution is -2.05. The number of nitrogens with two attached hydrogens (primary N) is 1. The van der Waals surface area contributed by atoms with E-state index in [4.69, 9.17) is 22.1 Å². The highest BCUT2D eigenvalue weighted by Crippen LogP contribution is 2.26. The molecule has 0 saturated heterocycles. The summed E-state index contributed by atoms with van der Waals surface area (Å²) in [5.74, 6) is 1.60. The van der Waals surface area contributed by atoms with Gasteiger partial charge in [-0.1, -0.05) is 17.7 Å². The Kier molecular flexibility index (Phi) is 3.84. The molecule has 0 spiro atoms. The molecule has 18 heavy (non-hydrogen) atoms. The number of halogens is 1. The Morgan fingerprint density at radius 3 is 2.94 bits per heavy atom. The zero-order chi connectivity index (χ0) is 13.0. The number of hydrogen-bond acceptors (Lipinski definition) is 5. The van der Waals surface area contributed by atoms with E-state index in [1.54, 1.807) is 19.4 Å². The van der Waals surface area contributed by atoms with Crippen molar-refractivity contribution in [2.24, 2.45) is 0 Å². The van der Waals surface area contributed by atoms with Gasteiger partial charge in [-0.2, -0.15) is 4.98 Å². The van der Waals surface area contributed by atoms with E-state index in [0.29, 0.717) is 17.4 Å². The Hall–Kier alpha value is -2.01. The van der Waals surface area contributed by atoms with Crippen LogP contribution in [-0.2, 0) is 6.54 Å². The molecule has 0 unspecified atom stereocenters. The number of anilines is 2. The molecule has 1 aromatic carbocycles. The second-order valence-corrected chi connectivity index (χ2v) is 3.98. The number of nitrogens with one attached hydrogen (secondary N) is 1. The summed E-state index contributed by atoms with van der Waals surface area (Å²) in [6.45, 7) is 0.499. The van der Waals surface area contributed by atoms with E-state index in [0.717, 1.165) is 11.3 Å². The molecule has 0 aliphatic rings. The summed E-state index contributed by atoms with van der Waals surface area (Å²) >= 11 is 6.13. The molecule has 2 rings (SSSR count). The summed E-state index contributed by atoms with van der Waals surface area (Å²) in [7, 11) is 1.61. The van der Waals surface area contributed by atoms with Crippen molar-refractivity contribution in [3.63, 3.8) is 0 Å². The monoisotopic (exact) mass is 264 g/mol. The number of benzene rings is 1. The van der Waals surface area contributed by atoms with Crippen molar-refractivity contribution < 1.29 is 4.74 Å². The van der Waals surface area contributed by atoms with E-state index in [1.165, 1.54) is 0 Å². The summed E-state index contributed by atoms with van der Waals surface area (Å²) in [5.41, 5.74) is 6.37. The van der Waals surface area contributed by atoms with Crippen LogP contribution in [0.2, 0.25) is 5.02 Å². The molecule has 0 bridgehead atoms. The fraction of sp³-hybridized carbons (Fsp3) is 0.167. The van der Waals surface area contributed by atoms with Crippen molar-refractivity contribution >= 4 is 23.4 Å². The van der Waals surface area contributed by atoms with Crippen molar-refractivity contribution in [1.29, 1.82) is 0 Å². The number of methoxy groups -OCH3 is 1. The average Bonchev–Trinajstić information content (AvgIpc) is 2.37. The first-order chi connectivity index (χ1) is 8.70. The minimum absolute atomic E-state index is 0.228. The number of ether oxygens (including phenoxy) is 1. The molecule has 0 fully saturated rings. The van der Waals surface area contributed by atoms with Crippen molar-refractivity contribution in [3.8, 4) is 5.75 Å². The maximum atomic E-state index is 6.13. The summed E-state index contributed by atoms with van der Waals surface area (Å²) in [4.78, 5) is 7.87. The van der Waals surface area contributed by atoms with Gasteiger partial charge in [0, 0.05) is 23.3 Å². The number of hydrogen-bond donors (Lipinski definition) is 2. The van der Waals surface area contributed by atoms with Crippen molar-refractivity contribution in [2.75, 3.05) is 18.2 Å². The van der Waals surface area contributed by atoms with Gasteiger partial charge in [0.2, 0.25) is 5.95 Å². The van der Waals surface area contributed by atoms with Crippen LogP contribution in [0.15, 0.2) is 30.5 Å². The number of aromatic nitrogens is 2. The average molecular weight is 265 g/mol. The summed E-state index contributed by atoms with van der Waals surface area (Å²) in [6.07, 6.45) is 1.59. The van der Waals surface area contributed by atoms with E-state index in [9.17, 15) is 0 Å². The second-order valence-electron chi connectivity index (χ2n) is 3.57. The van der Waals surface area contributed by atoms with E-state index in [-0.39, 0.29) is 5.95 Å². The van der Waals surface area contributed by atoms with E-state index in [2.05, 4.69) is 15.3 Å². The lowest BCUT2D eigenvalue weighted by molar-refractivity contribution is 0.410. The van der Waals surface area contributed by atoms with Crippen LogP contribution in [0, 0.1) is 0 Å². The molecule has 1 aromatic heterocycles. The summed E-state index contributed by atoms with van der Waals surface area (Å²) < 4.78 is 5.26. The second kappa shape index (κ2) is 5.55. The summed E-state index contributed by atoms with van der Waals surface area (Å²) in [5, 5.41) is 3.76. The third-order valence-electron chi connectivity index (χ3n) is 2.42. The lowest BCUT2D eigenvalue weighted by Gasteiger charge is -2.11. The molecular weight excluding hydrogens is 252 g/mol. The number of nitrogen functional groups attached to an aromatic ring is 1. The molecule has 94 valence electrons. The third-order valence-corrected chi connectivity index (χ3v) is 2.77. The van der Waals surface area contributed by atoms with Crippen molar-refractivity contribution in [1.82, 2.24) is 9.97 Å². The molecule has 0 saturated carbocycles. The first-order valence-corrected chi connectivity index (χ1v) is 5.72. The maximum Gasteiger partial charge on any atom is 0.221 e. The number of nitrogens with zero attached hydrogens (tertiary/aromatic N) is 2. The van der Waals surface area contributed by atoms with Gasteiger partial charge in [-0.05, 0) is 18.2 Å². The van der Waals surface area contributed by atoms with Gasteiger partial charge in [-0.25, -0.2) is 4.98 Å². The van der Waals surface area contributed by atoms with E-state index >= 15 is 0 Å². The Morgan fingerprint density at radius 1 is 1.39 bits per heavy atom. The van der Waals surface area contributed by atoms with Crippen LogP contribution in [0.3, 0.4) is 0 Å². The van der Waals surface area contributed by atoms with Gasteiger partial charge < -0.3 is 15.8 Å². The summed E-state index contributed by atoms with van der Waals surface area (Å²) in [6, 6.07) is 7.25. The highest BCUT2D eigenvalue weighted by Gasteiger charge is 2.07. The molecule has 1 heterocycles. The predicted octanol–water partition coefficient (Wildman–Crippen LogP) is 2.33. The predicted molar refractivity (Wildman–Crippen MR) is 71.8 cm³/mol. The SMILES string of the molecule is COc1cccc(Cl)c1CNc1ccnc(N)n1. The van der Waals surface area contributed by atoms with Crippen LogP contribution >= 0.6 is 11.6 Å². The molecule has 3 N–H and O–H groups in total. The third kappa shape index (κ3) is 2.81. The molecular formula is C12H13ClN4O. The van der Waals surface area contributed by atoms with Crippen LogP contribution in [-0.4, -0.2) is 17.1 Å². The Balaban J connectivity index is 2.15. The van der Waals surface area contributed by atoms with Crippen LogP contribution < -0.4 is 15.8 Å². The molecule has 0 atom stereocenters. The van der Waals surface area contributed by atoms with Crippen molar-refractivity contribution in [3.05, 3.63) is 41.0 Å². The minimum atomic E-state index is 0.228. The van der Waals surface area contributed by atoms with Crippen LogP contribution in [0.25, 0.3) is 0 Å². The number of rotatable bonds is 4. The molecule has 5 nitrogen and oxygen atoms in total. The van der Waals surface area contributed by atoms with Gasteiger partial charge in [0.05, 0.1) is 7.11 Å². The normalized spacial score (nSPS) is 10.1.